The van der Waals surface area contributed by atoms with Crippen LogP contribution in [0, 0.1) is 5.92 Å². The third-order valence-electron chi connectivity index (χ3n) is 3.97. The molecule has 0 aromatic heterocycles. The summed E-state index contributed by atoms with van der Waals surface area (Å²) >= 11 is 0. The van der Waals surface area contributed by atoms with Gasteiger partial charge in [-0.15, -0.1) is 0 Å². The van der Waals surface area contributed by atoms with Gasteiger partial charge >= 0.3 is 0 Å². The molecule has 0 saturated carbocycles. The predicted molar refractivity (Wildman–Crippen MR) is 85.7 cm³/mol. The molecule has 0 aliphatic carbocycles. The molecular formula is C18H31N. The number of aryl methyl sites for hydroxylation is 1. The van der Waals surface area contributed by atoms with Crippen LogP contribution >= 0.6 is 0 Å². The highest BCUT2D eigenvalue weighted by Crippen LogP contribution is 2.16. The summed E-state index contributed by atoms with van der Waals surface area (Å²) in [5.74, 6) is 0.752. The molecule has 0 radical (unpaired) electrons. The smallest absolute Gasteiger partial charge is 0.0133 e. The zero-order valence-corrected chi connectivity index (χ0v) is 13.2. The Hall–Kier alpha value is -0.820. The molecule has 1 N–H and O–H groups in total. The van der Waals surface area contributed by atoms with Gasteiger partial charge in [-0.1, -0.05) is 58.4 Å². The van der Waals surface area contributed by atoms with E-state index >= 15 is 0 Å². The van der Waals surface area contributed by atoms with Crippen LogP contribution in [0.2, 0.25) is 0 Å². The molecule has 1 rings (SSSR count). The quantitative estimate of drug-likeness (QED) is 0.685. The van der Waals surface area contributed by atoms with Crippen molar-refractivity contribution in [2.45, 2.75) is 65.8 Å². The molecule has 2 unspecified atom stereocenters. The first-order chi connectivity index (χ1) is 9.21. The van der Waals surface area contributed by atoms with Gasteiger partial charge in [0.25, 0.3) is 0 Å². The summed E-state index contributed by atoms with van der Waals surface area (Å²) in [6.07, 6.45) is 6.09. The van der Waals surface area contributed by atoms with Crippen molar-refractivity contribution in [3.8, 4) is 0 Å². The van der Waals surface area contributed by atoms with E-state index in [4.69, 9.17) is 0 Å². The second-order valence-electron chi connectivity index (χ2n) is 5.70. The molecule has 108 valence electrons. The Morgan fingerprint density at radius 1 is 0.947 bits per heavy atom. The molecule has 0 heterocycles. The maximum Gasteiger partial charge on any atom is 0.0133 e. The molecule has 0 aliphatic heterocycles. The van der Waals surface area contributed by atoms with E-state index in [1.165, 1.54) is 30.4 Å². The van der Waals surface area contributed by atoms with E-state index in [-0.39, 0.29) is 0 Å². The molecule has 0 amide bonds. The van der Waals surface area contributed by atoms with Crippen LogP contribution < -0.4 is 5.32 Å². The van der Waals surface area contributed by atoms with E-state index in [2.05, 4.69) is 57.3 Å². The van der Waals surface area contributed by atoms with Crippen LogP contribution in [0.25, 0.3) is 0 Å². The Morgan fingerprint density at radius 3 is 2.11 bits per heavy atom. The highest BCUT2D eigenvalue weighted by atomic mass is 14.9. The summed E-state index contributed by atoms with van der Waals surface area (Å²) in [5.41, 5.74) is 2.90. The fraction of sp³-hybridized carbons (Fsp3) is 0.667. The van der Waals surface area contributed by atoms with Crippen molar-refractivity contribution in [3.63, 3.8) is 0 Å². The highest BCUT2D eigenvalue weighted by molar-refractivity contribution is 5.23. The first kappa shape index (κ1) is 16.2. The lowest BCUT2D eigenvalue weighted by Gasteiger charge is -2.25. The molecule has 2 atom stereocenters. The summed E-state index contributed by atoms with van der Waals surface area (Å²) in [6.45, 7) is 10.3. The summed E-state index contributed by atoms with van der Waals surface area (Å²) in [4.78, 5) is 0. The maximum atomic E-state index is 3.73. The second-order valence-corrected chi connectivity index (χ2v) is 5.70. The standard InChI is InChI=1S/C18H31N/c1-5-8-15(4)18(19-13-6-2)14-17-11-9-16(7-3)10-12-17/h9-12,15,18-19H,5-8,13-14H2,1-4H3. The molecule has 0 spiro atoms. The average molecular weight is 261 g/mol. The van der Waals surface area contributed by atoms with Crippen LogP contribution in [0.4, 0.5) is 0 Å². The first-order valence-corrected chi connectivity index (χ1v) is 8.02. The zero-order chi connectivity index (χ0) is 14.1. The molecule has 19 heavy (non-hydrogen) atoms. The fourth-order valence-electron chi connectivity index (χ4n) is 2.63. The number of benzene rings is 1. The lowest BCUT2D eigenvalue weighted by Crippen LogP contribution is -2.37. The second kappa shape index (κ2) is 9.14. The molecule has 1 aromatic rings. The SMILES string of the molecule is CCCNC(Cc1ccc(CC)cc1)C(C)CCC. The Morgan fingerprint density at radius 2 is 1.58 bits per heavy atom. The van der Waals surface area contributed by atoms with Gasteiger partial charge in [-0.2, -0.15) is 0 Å². The lowest BCUT2D eigenvalue weighted by molar-refractivity contribution is 0.352. The minimum Gasteiger partial charge on any atom is -0.313 e. The fourth-order valence-corrected chi connectivity index (χ4v) is 2.63. The Balaban J connectivity index is 2.63. The first-order valence-electron chi connectivity index (χ1n) is 8.02. The van der Waals surface area contributed by atoms with Gasteiger partial charge in [0, 0.05) is 6.04 Å². The monoisotopic (exact) mass is 261 g/mol. The molecule has 0 fully saturated rings. The summed E-state index contributed by atoms with van der Waals surface area (Å²) in [5, 5.41) is 3.73. The van der Waals surface area contributed by atoms with E-state index < -0.39 is 0 Å². The van der Waals surface area contributed by atoms with Crippen molar-refractivity contribution >= 4 is 0 Å². The van der Waals surface area contributed by atoms with E-state index in [0.29, 0.717) is 6.04 Å². The van der Waals surface area contributed by atoms with E-state index in [1.54, 1.807) is 0 Å². The number of hydrogen-bond donors (Lipinski definition) is 1. The van der Waals surface area contributed by atoms with Gasteiger partial charge in [-0.25, -0.2) is 0 Å². The molecule has 0 aliphatic rings. The number of nitrogens with one attached hydrogen (secondary N) is 1. The van der Waals surface area contributed by atoms with Gasteiger partial charge < -0.3 is 5.32 Å². The minimum atomic E-state index is 0.618. The molecular weight excluding hydrogens is 230 g/mol. The van der Waals surface area contributed by atoms with Crippen molar-refractivity contribution in [2.75, 3.05) is 6.54 Å². The van der Waals surface area contributed by atoms with Gasteiger partial charge in [0.2, 0.25) is 0 Å². The normalized spacial score (nSPS) is 14.3. The van der Waals surface area contributed by atoms with Crippen molar-refractivity contribution in [3.05, 3.63) is 35.4 Å². The van der Waals surface area contributed by atoms with E-state index in [0.717, 1.165) is 25.3 Å². The molecule has 1 nitrogen and oxygen atoms in total. The highest BCUT2D eigenvalue weighted by Gasteiger charge is 2.16. The third kappa shape index (κ3) is 5.78. The Bertz CT molecular complexity index is 328. The van der Waals surface area contributed by atoms with Crippen LogP contribution in [0.5, 0.6) is 0 Å². The van der Waals surface area contributed by atoms with Gasteiger partial charge in [0.15, 0.2) is 0 Å². The van der Waals surface area contributed by atoms with Crippen molar-refractivity contribution in [2.24, 2.45) is 5.92 Å². The van der Waals surface area contributed by atoms with Crippen molar-refractivity contribution in [1.82, 2.24) is 5.32 Å². The van der Waals surface area contributed by atoms with Crippen LogP contribution in [-0.4, -0.2) is 12.6 Å². The molecule has 0 bridgehead atoms. The van der Waals surface area contributed by atoms with Crippen LogP contribution in [0.3, 0.4) is 0 Å². The van der Waals surface area contributed by atoms with Crippen LogP contribution in [0.1, 0.15) is 58.1 Å². The van der Waals surface area contributed by atoms with Crippen LogP contribution in [0.15, 0.2) is 24.3 Å². The van der Waals surface area contributed by atoms with E-state index in [1.807, 2.05) is 0 Å². The Labute approximate surface area is 119 Å². The Kier molecular flexibility index (Phi) is 7.81. The number of hydrogen-bond acceptors (Lipinski definition) is 1. The maximum absolute atomic E-state index is 3.73. The van der Waals surface area contributed by atoms with Gasteiger partial charge in [-0.3, -0.25) is 0 Å². The van der Waals surface area contributed by atoms with Gasteiger partial charge in [-0.05, 0) is 49.3 Å². The van der Waals surface area contributed by atoms with Crippen LogP contribution in [-0.2, 0) is 12.8 Å². The summed E-state index contributed by atoms with van der Waals surface area (Å²) in [6, 6.07) is 9.77. The van der Waals surface area contributed by atoms with Crippen molar-refractivity contribution in [1.29, 1.82) is 0 Å². The average Bonchev–Trinajstić information content (AvgIpc) is 2.44. The summed E-state index contributed by atoms with van der Waals surface area (Å²) < 4.78 is 0. The minimum absolute atomic E-state index is 0.618. The third-order valence-corrected chi connectivity index (χ3v) is 3.97. The van der Waals surface area contributed by atoms with Gasteiger partial charge in [0.05, 0.1) is 0 Å². The molecule has 1 heteroatoms. The number of rotatable bonds is 9. The van der Waals surface area contributed by atoms with E-state index in [9.17, 15) is 0 Å². The molecule has 0 saturated heterocycles. The topological polar surface area (TPSA) is 12.0 Å². The summed E-state index contributed by atoms with van der Waals surface area (Å²) in [7, 11) is 0. The van der Waals surface area contributed by atoms with Crippen molar-refractivity contribution < 1.29 is 0 Å². The van der Waals surface area contributed by atoms with Gasteiger partial charge in [0.1, 0.15) is 0 Å². The molecule has 1 aromatic carbocycles. The lowest BCUT2D eigenvalue weighted by atomic mass is 9.91. The largest absolute Gasteiger partial charge is 0.313 e. The predicted octanol–water partition coefficient (Wildman–Crippen LogP) is 4.60. The zero-order valence-electron chi connectivity index (χ0n) is 13.2.